The van der Waals surface area contributed by atoms with Gasteiger partial charge in [0.2, 0.25) is 0 Å². The fourth-order valence-electron chi connectivity index (χ4n) is 2.67. The zero-order valence-electron chi connectivity index (χ0n) is 16.7. The van der Waals surface area contributed by atoms with Crippen LogP contribution < -0.4 is 15.5 Å². The lowest BCUT2D eigenvalue weighted by molar-refractivity contribution is -0.137. The Hall–Kier alpha value is -3.52. The van der Waals surface area contributed by atoms with Gasteiger partial charge in [-0.2, -0.15) is 18.3 Å². The number of hydrazone groups is 1. The van der Waals surface area contributed by atoms with Crippen molar-refractivity contribution in [1.29, 1.82) is 0 Å². The molecule has 0 aliphatic carbocycles. The van der Waals surface area contributed by atoms with Crippen LogP contribution in [0, 0.1) is 0 Å². The van der Waals surface area contributed by atoms with Crippen molar-refractivity contribution < 1.29 is 22.7 Å². The Morgan fingerprint density at radius 3 is 2.59 bits per heavy atom. The second-order valence-electron chi connectivity index (χ2n) is 6.68. The number of amides is 1. The Kier molecular flexibility index (Phi) is 7.72. The Labute approximate surface area is 187 Å². The van der Waals surface area contributed by atoms with Crippen LogP contribution in [0.4, 0.5) is 18.9 Å². The van der Waals surface area contributed by atoms with Crippen molar-refractivity contribution in [1.82, 2.24) is 5.43 Å². The van der Waals surface area contributed by atoms with Crippen LogP contribution >= 0.6 is 11.6 Å². The molecule has 0 aliphatic heterocycles. The van der Waals surface area contributed by atoms with Gasteiger partial charge < -0.3 is 10.1 Å². The van der Waals surface area contributed by atoms with Crippen LogP contribution in [-0.4, -0.2) is 18.7 Å². The first kappa shape index (κ1) is 23.1. The zero-order valence-corrected chi connectivity index (χ0v) is 17.5. The van der Waals surface area contributed by atoms with Crippen molar-refractivity contribution in [2.24, 2.45) is 5.10 Å². The Morgan fingerprint density at radius 2 is 1.81 bits per heavy atom. The maximum absolute atomic E-state index is 12.7. The van der Waals surface area contributed by atoms with E-state index in [-0.39, 0.29) is 12.2 Å². The first-order chi connectivity index (χ1) is 15.3. The lowest BCUT2D eigenvalue weighted by Crippen LogP contribution is -2.26. The number of halogens is 4. The lowest BCUT2D eigenvalue weighted by atomic mass is 10.2. The number of alkyl halides is 3. The molecule has 0 fully saturated rings. The van der Waals surface area contributed by atoms with E-state index in [4.69, 9.17) is 16.3 Å². The molecular formula is C23H19ClF3N3O2. The molecule has 3 aromatic carbocycles. The molecule has 0 aromatic heterocycles. The van der Waals surface area contributed by atoms with Crippen LogP contribution in [0.25, 0.3) is 0 Å². The van der Waals surface area contributed by atoms with Gasteiger partial charge in [0.15, 0.2) is 0 Å². The third kappa shape index (κ3) is 7.02. The van der Waals surface area contributed by atoms with Crippen LogP contribution in [0.3, 0.4) is 0 Å². The molecule has 0 unspecified atom stereocenters. The van der Waals surface area contributed by atoms with Gasteiger partial charge in [-0.05, 0) is 42.0 Å². The SMILES string of the molecule is O=C(CNc1cccc(C(F)(F)F)c1)N/N=C\c1cccc(OCc2ccccc2Cl)c1. The molecule has 0 saturated heterocycles. The van der Waals surface area contributed by atoms with E-state index in [1.54, 1.807) is 30.3 Å². The molecule has 1 amide bonds. The number of carbonyl (C=O) groups excluding carboxylic acids is 1. The van der Waals surface area contributed by atoms with E-state index >= 15 is 0 Å². The molecule has 0 atom stereocenters. The topological polar surface area (TPSA) is 62.7 Å². The van der Waals surface area contributed by atoms with Crippen LogP contribution in [0.15, 0.2) is 77.9 Å². The molecule has 0 saturated carbocycles. The van der Waals surface area contributed by atoms with E-state index in [1.165, 1.54) is 18.3 Å². The van der Waals surface area contributed by atoms with E-state index in [9.17, 15) is 18.0 Å². The molecule has 2 N–H and O–H groups in total. The van der Waals surface area contributed by atoms with Crippen LogP contribution in [0.1, 0.15) is 16.7 Å². The summed E-state index contributed by atoms with van der Waals surface area (Å²) in [7, 11) is 0. The molecule has 32 heavy (non-hydrogen) atoms. The molecule has 3 rings (SSSR count). The van der Waals surface area contributed by atoms with Gasteiger partial charge in [-0.15, -0.1) is 0 Å². The molecule has 0 aliphatic rings. The number of nitrogens with zero attached hydrogens (tertiary/aromatic N) is 1. The van der Waals surface area contributed by atoms with Crippen molar-refractivity contribution in [2.45, 2.75) is 12.8 Å². The van der Waals surface area contributed by atoms with E-state index in [2.05, 4.69) is 15.8 Å². The first-order valence-electron chi connectivity index (χ1n) is 9.50. The predicted octanol–water partition coefficient (Wildman–Crippen LogP) is 5.50. The third-order valence-electron chi connectivity index (χ3n) is 4.26. The molecule has 166 valence electrons. The summed E-state index contributed by atoms with van der Waals surface area (Å²) in [5.74, 6) is 0.0937. The minimum absolute atomic E-state index is 0.183. The van der Waals surface area contributed by atoms with Crippen LogP contribution in [0.5, 0.6) is 5.75 Å². The number of carbonyl (C=O) groups is 1. The van der Waals surface area contributed by atoms with Crippen molar-refractivity contribution >= 4 is 29.4 Å². The quantitative estimate of drug-likeness (QED) is 0.344. The summed E-state index contributed by atoms with van der Waals surface area (Å²) in [6, 6.07) is 19.1. The van der Waals surface area contributed by atoms with Crippen molar-refractivity contribution in [3.05, 3.63) is 94.5 Å². The van der Waals surface area contributed by atoms with Crippen LogP contribution in [-0.2, 0) is 17.6 Å². The Bertz CT molecular complexity index is 1100. The van der Waals surface area contributed by atoms with Gasteiger partial charge in [0.05, 0.1) is 18.3 Å². The lowest BCUT2D eigenvalue weighted by Gasteiger charge is -2.10. The van der Waals surface area contributed by atoms with Gasteiger partial charge >= 0.3 is 6.18 Å². The number of rotatable bonds is 8. The maximum atomic E-state index is 12.7. The molecule has 5 nitrogen and oxygen atoms in total. The fourth-order valence-corrected chi connectivity index (χ4v) is 2.86. The van der Waals surface area contributed by atoms with E-state index in [0.29, 0.717) is 22.9 Å². The van der Waals surface area contributed by atoms with Crippen molar-refractivity contribution in [3.8, 4) is 5.75 Å². The fraction of sp³-hybridized carbons (Fsp3) is 0.130. The molecular weight excluding hydrogens is 443 g/mol. The summed E-state index contributed by atoms with van der Waals surface area (Å²) in [6.45, 7) is 0.0673. The molecule has 9 heteroatoms. The van der Waals surface area contributed by atoms with Gasteiger partial charge in [0, 0.05) is 16.3 Å². The summed E-state index contributed by atoms with van der Waals surface area (Å²) < 4.78 is 43.9. The number of hydrogen-bond donors (Lipinski definition) is 2. The predicted molar refractivity (Wildman–Crippen MR) is 118 cm³/mol. The monoisotopic (exact) mass is 461 g/mol. The highest BCUT2D eigenvalue weighted by molar-refractivity contribution is 6.31. The smallest absolute Gasteiger partial charge is 0.416 e. The third-order valence-corrected chi connectivity index (χ3v) is 4.62. The van der Waals surface area contributed by atoms with Gasteiger partial charge in [-0.25, -0.2) is 5.43 Å². The number of anilines is 1. The van der Waals surface area contributed by atoms with E-state index < -0.39 is 17.6 Å². The summed E-state index contributed by atoms with van der Waals surface area (Å²) >= 11 is 6.12. The number of benzene rings is 3. The Balaban J connectivity index is 1.49. The highest BCUT2D eigenvalue weighted by atomic mass is 35.5. The van der Waals surface area contributed by atoms with Gasteiger partial charge in [0.1, 0.15) is 12.4 Å². The normalized spacial score (nSPS) is 11.4. The Morgan fingerprint density at radius 1 is 1.03 bits per heavy atom. The molecule has 0 radical (unpaired) electrons. The minimum atomic E-state index is -4.45. The maximum Gasteiger partial charge on any atom is 0.416 e. The highest BCUT2D eigenvalue weighted by Gasteiger charge is 2.30. The van der Waals surface area contributed by atoms with Crippen molar-refractivity contribution in [2.75, 3.05) is 11.9 Å². The van der Waals surface area contributed by atoms with Gasteiger partial charge in [-0.1, -0.05) is 48.0 Å². The summed E-state index contributed by atoms with van der Waals surface area (Å²) in [5.41, 5.74) is 3.25. The minimum Gasteiger partial charge on any atom is -0.489 e. The van der Waals surface area contributed by atoms with Crippen molar-refractivity contribution in [3.63, 3.8) is 0 Å². The summed E-state index contributed by atoms with van der Waals surface area (Å²) in [4.78, 5) is 11.9. The average Bonchev–Trinajstić information content (AvgIpc) is 2.77. The van der Waals surface area contributed by atoms with Gasteiger partial charge in [-0.3, -0.25) is 4.79 Å². The zero-order chi connectivity index (χ0) is 23.0. The molecule has 3 aromatic rings. The molecule has 0 bridgehead atoms. The second kappa shape index (κ2) is 10.7. The second-order valence-corrected chi connectivity index (χ2v) is 7.09. The summed E-state index contributed by atoms with van der Waals surface area (Å²) in [5, 5.41) is 7.12. The largest absolute Gasteiger partial charge is 0.489 e. The standard InChI is InChI=1S/C23H19ClF3N3O2/c24-21-10-2-1-6-17(21)15-32-20-9-3-5-16(11-20)13-29-30-22(31)14-28-19-8-4-7-18(12-19)23(25,26)27/h1-13,28H,14-15H2,(H,30,31)/b29-13-. The average molecular weight is 462 g/mol. The van der Waals surface area contributed by atoms with E-state index in [0.717, 1.165) is 17.7 Å². The van der Waals surface area contributed by atoms with E-state index in [1.807, 2.05) is 18.2 Å². The number of nitrogens with one attached hydrogen (secondary N) is 2. The number of hydrogen-bond acceptors (Lipinski definition) is 4. The first-order valence-corrected chi connectivity index (χ1v) is 9.88. The highest BCUT2D eigenvalue weighted by Crippen LogP contribution is 2.30. The van der Waals surface area contributed by atoms with Gasteiger partial charge in [0.25, 0.3) is 5.91 Å². The molecule has 0 spiro atoms. The summed E-state index contributed by atoms with van der Waals surface area (Å²) in [6.07, 6.45) is -3.01. The van der Waals surface area contributed by atoms with Crippen LogP contribution in [0.2, 0.25) is 5.02 Å². The number of ether oxygens (including phenoxy) is 1. The molecule has 0 heterocycles.